The summed E-state index contributed by atoms with van der Waals surface area (Å²) in [5, 5.41) is 0.696. The van der Waals surface area contributed by atoms with Crippen molar-refractivity contribution in [3.8, 4) is 5.19 Å². The second kappa shape index (κ2) is 5.32. The largest absolute Gasteiger partial charge is 0.507 e. The van der Waals surface area contributed by atoms with Gasteiger partial charge in [-0.25, -0.2) is 4.98 Å². The van der Waals surface area contributed by atoms with Crippen LogP contribution in [0.25, 0.3) is 0 Å². The summed E-state index contributed by atoms with van der Waals surface area (Å²) in [6.07, 6.45) is 0.967. The van der Waals surface area contributed by atoms with Gasteiger partial charge in [-0.05, 0) is 48.0 Å². The third-order valence-electron chi connectivity index (χ3n) is 3.85. The van der Waals surface area contributed by atoms with Crippen LogP contribution in [0.1, 0.15) is 54.2 Å². The Balaban J connectivity index is 2.27. The van der Waals surface area contributed by atoms with Gasteiger partial charge in [-0.15, -0.1) is 0 Å². The molecule has 1 aromatic rings. The monoisotopic (exact) mass is 297 g/mol. The highest BCUT2D eigenvalue weighted by Gasteiger charge is 2.53. The lowest BCUT2D eigenvalue weighted by molar-refractivity contribution is 0.00578. The van der Waals surface area contributed by atoms with Crippen molar-refractivity contribution < 1.29 is 14.0 Å². The van der Waals surface area contributed by atoms with E-state index >= 15 is 0 Å². The number of thiazole rings is 1. The summed E-state index contributed by atoms with van der Waals surface area (Å²) >= 11 is 1.53. The van der Waals surface area contributed by atoms with Gasteiger partial charge in [0.2, 0.25) is 0 Å². The zero-order valence-electron chi connectivity index (χ0n) is 13.4. The number of hydrogen-bond acceptors (Lipinski definition) is 5. The van der Waals surface area contributed by atoms with E-state index in [1.165, 1.54) is 11.3 Å². The van der Waals surface area contributed by atoms with Gasteiger partial charge in [0.05, 0.1) is 27.8 Å². The lowest BCUT2D eigenvalue weighted by Gasteiger charge is -2.32. The Morgan fingerprint density at radius 1 is 1.20 bits per heavy atom. The summed E-state index contributed by atoms with van der Waals surface area (Å²) in [5.74, 6) is 0. The van der Waals surface area contributed by atoms with Crippen LogP contribution in [-0.2, 0) is 15.7 Å². The molecule has 1 aliphatic heterocycles. The van der Waals surface area contributed by atoms with Crippen molar-refractivity contribution in [3.05, 3.63) is 5.69 Å². The van der Waals surface area contributed by atoms with Gasteiger partial charge in [-0.1, -0.05) is 18.3 Å². The van der Waals surface area contributed by atoms with Gasteiger partial charge in [-0.3, -0.25) is 0 Å². The lowest BCUT2D eigenvalue weighted by Crippen LogP contribution is -2.41. The molecule has 20 heavy (non-hydrogen) atoms. The van der Waals surface area contributed by atoms with Crippen molar-refractivity contribution in [1.29, 1.82) is 0 Å². The molecule has 1 aromatic heterocycles. The Bertz CT molecular complexity index is 469. The van der Waals surface area contributed by atoms with Crippen molar-refractivity contribution >= 4 is 23.2 Å². The second-order valence-electron chi connectivity index (χ2n) is 6.40. The quantitative estimate of drug-likeness (QED) is 0.801. The van der Waals surface area contributed by atoms with E-state index in [1.54, 1.807) is 0 Å². The molecule has 0 amide bonds. The van der Waals surface area contributed by atoms with Crippen LogP contribution >= 0.6 is 11.3 Å². The van der Waals surface area contributed by atoms with Crippen molar-refractivity contribution in [2.24, 2.45) is 0 Å². The number of aryl methyl sites for hydroxylation is 1. The van der Waals surface area contributed by atoms with Crippen molar-refractivity contribution in [2.45, 2.75) is 72.2 Å². The molecule has 2 heterocycles. The van der Waals surface area contributed by atoms with Crippen molar-refractivity contribution in [2.75, 3.05) is 0 Å². The van der Waals surface area contributed by atoms with E-state index in [1.807, 2.05) is 13.8 Å². The molecule has 2 rings (SSSR count). The summed E-state index contributed by atoms with van der Waals surface area (Å²) in [4.78, 5) is 4.55. The molecule has 0 unspecified atom stereocenters. The molecule has 0 bridgehead atoms. The summed E-state index contributed by atoms with van der Waals surface area (Å²) < 4.78 is 18.9. The number of aromatic nitrogens is 1. The predicted octanol–water partition coefficient (Wildman–Crippen LogP) is 2.79. The number of ether oxygens (including phenoxy) is 1. The normalized spacial score (nSPS) is 20.7. The van der Waals surface area contributed by atoms with Gasteiger partial charge in [0.25, 0.3) is 5.19 Å². The first kappa shape index (κ1) is 15.8. The summed E-state index contributed by atoms with van der Waals surface area (Å²) in [6, 6.07) is 0. The first-order valence-corrected chi connectivity index (χ1v) is 8.00. The van der Waals surface area contributed by atoms with Gasteiger partial charge in [0.15, 0.2) is 0 Å². The van der Waals surface area contributed by atoms with Gasteiger partial charge in [0, 0.05) is 0 Å². The van der Waals surface area contributed by atoms with Crippen molar-refractivity contribution in [1.82, 2.24) is 4.98 Å². The molecule has 0 N–H and O–H groups in total. The van der Waals surface area contributed by atoms with Gasteiger partial charge >= 0.3 is 7.12 Å². The zero-order valence-corrected chi connectivity index (χ0v) is 14.3. The van der Waals surface area contributed by atoms with Crippen LogP contribution in [0.3, 0.4) is 0 Å². The van der Waals surface area contributed by atoms with Gasteiger partial charge < -0.3 is 14.0 Å². The van der Waals surface area contributed by atoms with Gasteiger partial charge in [-0.2, -0.15) is 0 Å². The molecule has 0 aliphatic carbocycles. The van der Waals surface area contributed by atoms with Crippen LogP contribution in [0.5, 0.6) is 5.19 Å². The average Bonchev–Trinajstić information content (AvgIpc) is 2.77. The number of hydrogen-bond donors (Lipinski definition) is 0. The standard InChI is InChI=1S/C14H24BNO3S/c1-8-10-11(20-12(16-10)17-9(2)3)15-18-13(4,5)14(6,7)19-15/h9H,8H2,1-7H3. The Hall–Kier alpha value is -0.585. The summed E-state index contributed by atoms with van der Waals surface area (Å²) in [6.45, 7) is 14.3. The topological polar surface area (TPSA) is 40.6 Å². The molecule has 0 saturated carbocycles. The van der Waals surface area contributed by atoms with Crippen LogP contribution in [0.2, 0.25) is 0 Å². The maximum absolute atomic E-state index is 6.10. The van der Waals surface area contributed by atoms with Crippen LogP contribution < -0.4 is 9.51 Å². The second-order valence-corrected chi connectivity index (χ2v) is 7.39. The molecule has 1 fully saturated rings. The molecule has 112 valence electrons. The first-order valence-electron chi connectivity index (χ1n) is 7.18. The Kier molecular flexibility index (Phi) is 4.20. The Morgan fingerprint density at radius 2 is 1.75 bits per heavy atom. The molecule has 0 atom stereocenters. The van der Waals surface area contributed by atoms with E-state index in [0.29, 0.717) is 5.19 Å². The molecule has 1 aliphatic rings. The van der Waals surface area contributed by atoms with E-state index in [-0.39, 0.29) is 24.4 Å². The van der Waals surface area contributed by atoms with Crippen LogP contribution in [0.15, 0.2) is 0 Å². The van der Waals surface area contributed by atoms with Gasteiger partial charge in [0.1, 0.15) is 0 Å². The van der Waals surface area contributed by atoms with E-state index < -0.39 is 0 Å². The minimum atomic E-state index is -0.350. The molecule has 0 spiro atoms. The Labute approximate surface area is 126 Å². The van der Waals surface area contributed by atoms with E-state index in [2.05, 4.69) is 39.6 Å². The molecule has 4 nitrogen and oxygen atoms in total. The van der Waals surface area contributed by atoms with E-state index in [4.69, 9.17) is 14.0 Å². The van der Waals surface area contributed by atoms with Crippen molar-refractivity contribution in [3.63, 3.8) is 0 Å². The number of rotatable bonds is 4. The highest BCUT2D eigenvalue weighted by atomic mass is 32.1. The van der Waals surface area contributed by atoms with E-state index in [9.17, 15) is 0 Å². The third-order valence-corrected chi connectivity index (χ3v) is 4.86. The Morgan fingerprint density at radius 3 is 2.20 bits per heavy atom. The van der Waals surface area contributed by atoms with Crippen LogP contribution in [0, 0.1) is 0 Å². The maximum atomic E-state index is 6.10. The first-order chi connectivity index (χ1) is 9.16. The maximum Gasteiger partial charge on any atom is 0.507 e. The van der Waals surface area contributed by atoms with Crippen LogP contribution in [0.4, 0.5) is 0 Å². The fourth-order valence-electron chi connectivity index (χ4n) is 1.98. The molecule has 1 saturated heterocycles. The van der Waals surface area contributed by atoms with E-state index in [0.717, 1.165) is 16.9 Å². The fourth-order valence-corrected chi connectivity index (χ4v) is 3.07. The fraction of sp³-hybridized carbons (Fsp3) is 0.786. The molecule has 0 radical (unpaired) electrons. The minimum absolute atomic E-state index is 0.122. The summed E-state index contributed by atoms with van der Waals surface area (Å²) in [7, 11) is -0.350. The smallest absolute Gasteiger partial charge is 0.467 e. The third kappa shape index (κ3) is 2.87. The van der Waals surface area contributed by atoms with Crippen LogP contribution in [-0.4, -0.2) is 29.4 Å². The molecule has 6 heteroatoms. The predicted molar refractivity (Wildman–Crippen MR) is 83.0 cm³/mol. The molecular weight excluding hydrogens is 273 g/mol. The lowest BCUT2D eigenvalue weighted by atomic mass is 9.86. The SMILES string of the molecule is CCc1nc(OC(C)C)sc1B1OC(C)(C)C(C)(C)O1. The highest BCUT2D eigenvalue weighted by Crippen LogP contribution is 2.37. The average molecular weight is 297 g/mol. The highest BCUT2D eigenvalue weighted by molar-refractivity contribution is 7.23. The summed E-state index contributed by atoms with van der Waals surface area (Å²) in [5.41, 5.74) is 0.349. The zero-order chi connectivity index (χ0) is 15.1. The molecular formula is C14H24BNO3S. The number of nitrogens with zero attached hydrogens (tertiary/aromatic N) is 1. The minimum Gasteiger partial charge on any atom is -0.467 e. The molecule has 0 aromatic carbocycles.